The Hall–Kier alpha value is -2.77. The maximum absolute atomic E-state index is 12.3. The van der Waals surface area contributed by atoms with Gasteiger partial charge in [0.15, 0.2) is 0 Å². The fraction of sp³-hybridized carbons (Fsp3) is 0.529. The summed E-state index contributed by atoms with van der Waals surface area (Å²) in [5, 5.41) is 6.11. The molecule has 1 aromatic carbocycles. The van der Waals surface area contributed by atoms with Gasteiger partial charge in [-0.3, -0.25) is 15.0 Å². The molecule has 0 radical (unpaired) electrons. The number of rotatable bonds is 4. The minimum atomic E-state index is -0.647. The van der Waals surface area contributed by atoms with E-state index in [0.29, 0.717) is 23.8 Å². The van der Waals surface area contributed by atoms with E-state index in [1.54, 1.807) is 18.2 Å². The van der Waals surface area contributed by atoms with Gasteiger partial charge in [0.2, 0.25) is 0 Å². The van der Waals surface area contributed by atoms with Crippen LogP contribution in [-0.4, -0.2) is 49.3 Å². The summed E-state index contributed by atoms with van der Waals surface area (Å²) in [5.41, 5.74) is 9.32. The van der Waals surface area contributed by atoms with Crippen molar-refractivity contribution in [1.29, 1.82) is 0 Å². The lowest BCUT2D eigenvalue weighted by Crippen LogP contribution is -2.53. The van der Waals surface area contributed by atoms with E-state index >= 15 is 0 Å². The van der Waals surface area contributed by atoms with Crippen molar-refractivity contribution in [1.82, 2.24) is 4.90 Å². The molecule has 2 heterocycles. The van der Waals surface area contributed by atoms with Crippen LogP contribution in [0.15, 0.2) is 29.4 Å². The number of amides is 1. The topological polar surface area (TPSA) is 117 Å². The summed E-state index contributed by atoms with van der Waals surface area (Å²) >= 11 is 0. The van der Waals surface area contributed by atoms with E-state index < -0.39 is 18.1 Å². The second-order valence-corrected chi connectivity index (χ2v) is 6.56. The second kappa shape index (κ2) is 7.63. The first-order valence-electron chi connectivity index (χ1n) is 8.46. The summed E-state index contributed by atoms with van der Waals surface area (Å²) in [7, 11) is 3.34. The third-order valence-corrected chi connectivity index (χ3v) is 5.20. The van der Waals surface area contributed by atoms with Crippen molar-refractivity contribution in [2.45, 2.75) is 37.5 Å². The fourth-order valence-electron chi connectivity index (χ4n) is 3.97. The number of fused-ring (bicyclic) bond motifs is 2. The number of azide groups is 1. The Balaban J connectivity index is 1.70. The van der Waals surface area contributed by atoms with Gasteiger partial charge >= 0.3 is 12.1 Å². The van der Waals surface area contributed by atoms with Gasteiger partial charge < -0.3 is 9.47 Å². The quantitative estimate of drug-likeness (QED) is 0.383. The molecule has 0 unspecified atom stereocenters. The molecule has 1 amide bonds. The maximum atomic E-state index is 12.3. The van der Waals surface area contributed by atoms with Crippen molar-refractivity contribution >= 4 is 23.4 Å². The van der Waals surface area contributed by atoms with Gasteiger partial charge in [-0.15, -0.1) is 0 Å². The Morgan fingerprint density at radius 3 is 2.92 bits per heavy atom. The predicted molar refractivity (Wildman–Crippen MR) is 93.8 cm³/mol. The lowest BCUT2D eigenvalue weighted by molar-refractivity contribution is -0.155. The number of anilines is 1. The van der Waals surface area contributed by atoms with Crippen LogP contribution in [-0.2, 0) is 14.3 Å². The normalized spacial score (nSPS) is 27.3. The van der Waals surface area contributed by atoms with Crippen molar-refractivity contribution in [2.75, 3.05) is 19.5 Å². The lowest BCUT2D eigenvalue weighted by atomic mass is 9.87. The maximum Gasteiger partial charge on any atom is 0.411 e. The molecule has 9 heteroatoms. The van der Waals surface area contributed by atoms with E-state index in [0.717, 1.165) is 12.8 Å². The fourth-order valence-corrected chi connectivity index (χ4v) is 3.97. The zero-order chi connectivity index (χ0) is 18.7. The van der Waals surface area contributed by atoms with Crippen LogP contribution in [0.1, 0.15) is 19.3 Å². The first-order valence-corrected chi connectivity index (χ1v) is 8.46. The highest BCUT2D eigenvalue weighted by Gasteiger charge is 2.50. The van der Waals surface area contributed by atoms with E-state index in [4.69, 9.17) is 15.0 Å². The summed E-state index contributed by atoms with van der Waals surface area (Å²) in [6.45, 7) is 0. The Labute approximate surface area is 150 Å². The molecule has 9 nitrogen and oxygen atoms in total. The molecule has 138 valence electrons. The molecule has 2 aliphatic rings. The lowest BCUT2D eigenvalue weighted by Gasteiger charge is -2.40. The van der Waals surface area contributed by atoms with Gasteiger partial charge in [-0.2, -0.15) is 0 Å². The van der Waals surface area contributed by atoms with E-state index in [9.17, 15) is 9.59 Å². The zero-order valence-corrected chi connectivity index (χ0v) is 14.7. The van der Waals surface area contributed by atoms with Gasteiger partial charge in [-0.25, -0.2) is 4.79 Å². The van der Waals surface area contributed by atoms with Crippen LogP contribution < -0.4 is 5.32 Å². The number of benzene rings is 1. The minimum Gasteiger partial charge on any atom is -0.469 e. The van der Waals surface area contributed by atoms with Crippen LogP contribution in [0.3, 0.4) is 0 Å². The number of ether oxygens (including phenoxy) is 2. The van der Waals surface area contributed by atoms with E-state index in [1.165, 1.54) is 13.2 Å². The Kier molecular flexibility index (Phi) is 5.29. The number of carbonyl (C=O) groups excluding carboxylic acids is 2. The van der Waals surface area contributed by atoms with Gasteiger partial charge in [0.25, 0.3) is 0 Å². The Morgan fingerprint density at radius 2 is 2.19 bits per heavy atom. The van der Waals surface area contributed by atoms with Crippen LogP contribution in [0.5, 0.6) is 0 Å². The summed E-state index contributed by atoms with van der Waals surface area (Å²) < 4.78 is 10.5. The van der Waals surface area contributed by atoms with E-state index in [-0.39, 0.29) is 12.0 Å². The number of hydrogen-bond acceptors (Lipinski definition) is 6. The molecule has 2 aliphatic heterocycles. The van der Waals surface area contributed by atoms with Crippen LogP contribution in [0.4, 0.5) is 16.2 Å². The number of esters is 1. The molecule has 3 rings (SSSR count). The van der Waals surface area contributed by atoms with Crippen molar-refractivity contribution in [3.8, 4) is 0 Å². The van der Waals surface area contributed by atoms with Crippen LogP contribution >= 0.6 is 0 Å². The third kappa shape index (κ3) is 3.58. The SMILES string of the molecule is COC(=O)[C@H]1[C@@H](OC(=O)Nc2cccc(N=[N+]=[N-])c2)C[C@@H]2CC[C@H]1N2C. The smallest absolute Gasteiger partial charge is 0.411 e. The standard InChI is InChI=1S/C17H21N5O4/c1-22-12-6-7-13(22)15(16(23)25-2)14(9-12)26-17(24)19-10-4-3-5-11(8-10)20-21-18/h3-5,8,12-15H,6-7,9H2,1-2H3,(H,19,24)/t12-,13+,14-,15+/m0/s1. The summed E-state index contributed by atoms with van der Waals surface area (Å²) in [5.74, 6) is -0.852. The minimum absolute atomic E-state index is 0.0206. The summed E-state index contributed by atoms with van der Waals surface area (Å²) in [6, 6.07) is 6.80. The molecule has 2 bridgehead atoms. The van der Waals surface area contributed by atoms with E-state index in [2.05, 4.69) is 20.2 Å². The number of piperidine rings is 1. The largest absolute Gasteiger partial charge is 0.469 e. The number of nitrogens with zero attached hydrogens (tertiary/aromatic N) is 4. The molecular weight excluding hydrogens is 338 g/mol. The number of methoxy groups -OCH3 is 1. The van der Waals surface area contributed by atoms with Gasteiger partial charge in [-0.05, 0) is 37.6 Å². The molecule has 0 aromatic heterocycles. The first-order chi connectivity index (χ1) is 12.5. The summed E-state index contributed by atoms with van der Waals surface area (Å²) in [4.78, 5) is 29.5. The highest BCUT2D eigenvalue weighted by Crippen LogP contribution is 2.40. The average Bonchev–Trinajstić information content (AvgIpc) is 2.85. The van der Waals surface area contributed by atoms with Gasteiger partial charge in [0.1, 0.15) is 12.0 Å². The zero-order valence-electron chi connectivity index (χ0n) is 14.7. The van der Waals surface area contributed by atoms with Crippen LogP contribution in [0.25, 0.3) is 10.4 Å². The number of carbonyl (C=O) groups is 2. The molecule has 4 atom stereocenters. The molecule has 1 N–H and O–H groups in total. The van der Waals surface area contributed by atoms with Gasteiger partial charge in [0, 0.05) is 34.8 Å². The third-order valence-electron chi connectivity index (χ3n) is 5.20. The van der Waals surface area contributed by atoms with Gasteiger partial charge in [-0.1, -0.05) is 17.2 Å². The van der Waals surface area contributed by atoms with Crippen molar-refractivity contribution in [3.05, 3.63) is 34.7 Å². The van der Waals surface area contributed by atoms with Crippen molar-refractivity contribution < 1.29 is 19.1 Å². The molecule has 0 spiro atoms. The predicted octanol–water partition coefficient (Wildman–Crippen LogP) is 3.20. The molecule has 1 aromatic rings. The average molecular weight is 359 g/mol. The van der Waals surface area contributed by atoms with Crippen molar-refractivity contribution in [2.24, 2.45) is 11.0 Å². The molecule has 0 aliphatic carbocycles. The van der Waals surface area contributed by atoms with Crippen molar-refractivity contribution in [3.63, 3.8) is 0 Å². The van der Waals surface area contributed by atoms with E-state index in [1.807, 2.05) is 7.05 Å². The molecular formula is C17H21N5O4. The van der Waals surface area contributed by atoms with Crippen LogP contribution in [0.2, 0.25) is 0 Å². The highest BCUT2D eigenvalue weighted by atomic mass is 16.6. The number of nitrogens with one attached hydrogen (secondary N) is 1. The first kappa shape index (κ1) is 18.0. The highest BCUT2D eigenvalue weighted by molar-refractivity contribution is 5.85. The Bertz CT molecular complexity index is 748. The Morgan fingerprint density at radius 1 is 1.38 bits per heavy atom. The summed E-state index contributed by atoms with van der Waals surface area (Å²) in [6.07, 6.45) is 1.28. The molecule has 0 saturated carbocycles. The second-order valence-electron chi connectivity index (χ2n) is 6.56. The number of hydrogen-bond donors (Lipinski definition) is 1. The van der Waals surface area contributed by atoms with Crippen LogP contribution in [0, 0.1) is 5.92 Å². The molecule has 2 fully saturated rings. The molecule has 2 saturated heterocycles. The molecule has 26 heavy (non-hydrogen) atoms. The van der Waals surface area contributed by atoms with Gasteiger partial charge in [0.05, 0.1) is 7.11 Å². The monoisotopic (exact) mass is 359 g/mol.